The number of rotatable bonds is 8. The van der Waals surface area contributed by atoms with Crippen LogP contribution in [0.25, 0.3) is 10.9 Å². The number of hydrogen-bond donors (Lipinski definition) is 4. The van der Waals surface area contributed by atoms with E-state index in [1.54, 1.807) is 30.3 Å². The van der Waals surface area contributed by atoms with E-state index in [1.165, 1.54) is 23.8 Å². The van der Waals surface area contributed by atoms with Gasteiger partial charge in [0.1, 0.15) is 17.7 Å². The summed E-state index contributed by atoms with van der Waals surface area (Å²) in [5.41, 5.74) is 2.05. The molecule has 12 heteroatoms. The van der Waals surface area contributed by atoms with Crippen molar-refractivity contribution in [2.45, 2.75) is 29.8 Å². The van der Waals surface area contributed by atoms with Gasteiger partial charge in [-0.3, -0.25) is 14.7 Å². The first-order chi connectivity index (χ1) is 17.8. The zero-order valence-corrected chi connectivity index (χ0v) is 20.6. The minimum absolute atomic E-state index is 0.0142. The van der Waals surface area contributed by atoms with E-state index < -0.39 is 30.2 Å². The van der Waals surface area contributed by atoms with E-state index in [0.29, 0.717) is 39.3 Å². The lowest BCUT2D eigenvalue weighted by molar-refractivity contribution is -0.113. The van der Waals surface area contributed by atoms with Gasteiger partial charge in [-0.1, -0.05) is 0 Å². The van der Waals surface area contributed by atoms with Gasteiger partial charge in [0, 0.05) is 34.6 Å². The fourth-order valence-corrected chi connectivity index (χ4v) is 5.12. The number of thioether (sulfide) groups is 1. The van der Waals surface area contributed by atoms with Crippen molar-refractivity contribution >= 4 is 46.0 Å². The second kappa shape index (κ2) is 10.5. The van der Waals surface area contributed by atoms with Crippen LogP contribution in [-0.2, 0) is 16.1 Å². The normalized spacial score (nSPS) is 18.8. The number of anilines is 2. The second-order valence-electron chi connectivity index (χ2n) is 8.71. The number of cyclic esters (lactones) is 1. The number of halogens is 1. The molecule has 1 saturated heterocycles. The molecule has 4 N–H and O–H groups in total. The first kappa shape index (κ1) is 25.2. The topological polar surface area (TPSA) is 133 Å². The Balaban J connectivity index is 1.21. The summed E-state index contributed by atoms with van der Waals surface area (Å²) >= 11 is 1.41. The summed E-state index contributed by atoms with van der Waals surface area (Å²) in [6, 6.07) is 10.4. The lowest BCUT2D eigenvalue weighted by Crippen LogP contribution is -2.44. The summed E-state index contributed by atoms with van der Waals surface area (Å²) in [6.45, 7) is 0.00211. The molecular formula is C25H25FN4O6S. The number of aliphatic hydroxyl groups excluding tert-OH is 2. The van der Waals surface area contributed by atoms with Crippen molar-refractivity contribution in [2.24, 2.45) is 0 Å². The monoisotopic (exact) mass is 528 g/mol. The Morgan fingerprint density at radius 1 is 1.30 bits per heavy atom. The molecule has 0 aliphatic carbocycles. The molecule has 2 aliphatic heterocycles. The van der Waals surface area contributed by atoms with E-state index in [-0.39, 0.29) is 25.5 Å². The molecule has 0 saturated carbocycles. The molecule has 0 spiro atoms. The number of aliphatic hydroxyl groups is 2. The van der Waals surface area contributed by atoms with Crippen molar-refractivity contribution in [3.8, 4) is 5.75 Å². The molecule has 2 aliphatic rings. The predicted molar refractivity (Wildman–Crippen MR) is 135 cm³/mol. The van der Waals surface area contributed by atoms with E-state index >= 15 is 0 Å². The minimum Gasteiger partial charge on any atom is -0.497 e. The number of pyridine rings is 1. The van der Waals surface area contributed by atoms with Crippen molar-refractivity contribution in [2.75, 3.05) is 36.2 Å². The lowest BCUT2D eigenvalue weighted by atomic mass is 10.1. The van der Waals surface area contributed by atoms with Crippen LogP contribution in [0.2, 0.25) is 0 Å². The Morgan fingerprint density at radius 2 is 2.14 bits per heavy atom. The molecule has 3 atom stereocenters. The molecular weight excluding hydrogens is 503 g/mol. The second-order valence-corrected chi connectivity index (χ2v) is 9.72. The maximum Gasteiger partial charge on any atom is 0.414 e. The number of fused-ring (bicyclic) bond motifs is 2. The highest BCUT2D eigenvalue weighted by molar-refractivity contribution is 8.00. The average molecular weight is 529 g/mol. The van der Waals surface area contributed by atoms with Crippen LogP contribution in [0, 0.1) is 5.82 Å². The van der Waals surface area contributed by atoms with E-state index in [9.17, 15) is 24.2 Å². The van der Waals surface area contributed by atoms with Gasteiger partial charge in [0.05, 0.1) is 42.9 Å². The molecule has 3 heterocycles. The average Bonchev–Trinajstić information content (AvgIpc) is 3.29. The SMILES string of the molecule is COc1ccc2ncc(F)c(CNC[C@H](O)[C@@H](O)C3CN(c4ccc5c(c4)NC(=O)CS5)C(=O)O3)c2c1. The number of carbonyl (C=O) groups excluding carboxylic acids is 2. The number of hydrogen-bond acceptors (Lipinski definition) is 9. The fraction of sp³-hybridized carbons (Fsp3) is 0.320. The molecule has 0 radical (unpaired) electrons. The van der Waals surface area contributed by atoms with E-state index in [1.807, 2.05) is 6.07 Å². The number of amides is 2. The van der Waals surface area contributed by atoms with Crippen LogP contribution in [0.15, 0.2) is 47.5 Å². The largest absolute Gasteiger partial charge is 0.497 e. The Bertz CT molecular complexity index is 1360. The number of nitrogens with zero attached hydrogens (tertiary/aromatic N) is 2. The highest BCUT2D eigenvalue weighted by atomic mass is 32.2. The highest BCUT2D eigenvalue weighted by Gasteiger charge is 2.39. The van der Waals surface area contributed by atoms with Crippen molar-refractivity contribution in [3.05, 3.63) is 54.0 Å². The van der Waals surface area contributed by atoms with Gasteiger partial charge in [0.25, 0.3) is 0 Å². The van der Waals surface area contributed by atoms with Gasteiger partial charge in [0.2, 0.25) is 5.91 Å². The predicted octanol–water partition coefficient (Wildman–Crippen LogP) is 2.26. The van der Waals surface area contributed by atoms with Crippen LogP contribution in [0.3, 0.4) is 0 Å². The molecule has 5 rings (SSSR count). The summed E-state index contributed by atoms with van der Waals surface area (Å²) in [5, 5.41) is 27.5. The summed E-state index contributed by atoms with van der Waals surface area (Å²) in [7, 11) is 1.52. The highest BCUT2D eigenvalue weighted by Crippen LogP contribution is 2.35. The van der Waals surface area contributed by atoms with Crippen molar-refractivity contribution in [1.29, 1.82) is 0 Å². The van der Waals surface area contributed by atoms with Gasteiger partial charge in [-0.05, 0) is 36.4 Å². The standard InChI is InChI=1S/C25H25FN4O6S/c1-35-14-3-4-18-15(7-14)16(17(26)9-28-18)8-27-10-20(31)24(33)21-11-30(25(34)36-21)13-2-5-22-19(6-13)29-23(32)12-37-22/h2-7,9,20-21,24,27,31,33H,8,10-12H2,1H3,(H,29,32)/t20-,21?,24+/m0/s1. The van der Waals surface area contributed by atoms with Crippen molar-refractivity contribution in [3.63, 3.8) is 0 Å². The van der Waals surface area contributed by atoms with Gasteiger partial charge < -0.3 is 30.3 Å². The van der Waals surface area contributed by atoms with Gasteiger partial charge in [-0.25, -0.2) is 9.18 Å². The summed E-state index contributed by atoms with van der Waals surface area (Å²) in [4.78, 5) is 30.5. The molecule has 1 aromatic heterocycles. The van der Waals surface area contributed by atoms with Crippen molar-refractivity contribution < 1.29 is 33.7 Å². The molecule has 10 nitrogen and oxygen atoms in total. The van der Waals surface area contributed by atoms with E-state index in [0.717, 1.165) is 11.1 Å². The fourth-order valence-electron chi connectivity index (χ4n) is 4.33. The van der Waals surface area contributed by atoms with Gasteiger partial charge in [-0.2, -0.15) is 0 Å². The number of carbonyl (C=O) groups is 2. The van der Waals surface area contributed by atoms with E-state index in [4.69, 9.17) is 9.47 Å². The molecule has 2 amide bonds. The number of aromatic nitrogens is 1. The first-order valence-corrected chi connectivity index (χ1v) is 12.6. The number of benzene rings is 2. The minimum atomic E-state index is -1.38. The van der Waals surface area contributed by atoms with Crippen LogP contribution in [-0.4, -0.2) is 71.5 Å². The van der Waals surface area contributed by atoms with Crippen LogP contribution < -0.4 is 20.3 Å². The molecule has 2 aromatic carbocycles. The molecule has 3 aromatic rings. The molecule has 1 unspecified atom stereocenters. The number of methoxy groups -OCH3 is 1. The third-order valence-electron chi connectivity index (χ3n) is 6.31. The zero-order chi connectivity index (χ0) is 26.1. The molecule has 37 heavy (non-hydrogen) atoms. The quantitative estimate of drug-likeness (QED) is 0.347. The van der Waals surface area contributed by atoms with Gasteiger partial charge in [-0.15, -0.1) is 11.8 Å². The number of nitrogens with one attached hydrogen (secondary N) is 2. The molecule has 0 bridgehead atoms. The lowest BCUT2D eigenvalue weighted by Gasteiger charge is -2.23. The molecule has 194 valence electrons. The first-order valence-electron chi connectivity index (χ1n) is 11.6. The van der Waals surface area contributed by atoms with Crippen LogP contribution in [0.1, 0.15) is 5.56 Å². The van der Waals surface area contributed by atoms with Gasteiger partial charge in [0.15, 0.2) is 6.10 Å². The Morgan fingerprint density at radius 3 is 2.95 bits per heavy atom. The summed E-state index contributed by atoms with van der Waals surface area (Å²) in [5.74, 6) is 0.255. The van der Waals surface area contributed by atoms with Crippen LogP contribution in [0.4, 0.5) is 20.6 Å². The third-order valence-corrected chi connectivity index (χ3v) is 7.38. The molecule has 1 fully saturated rings. The smallest absolute Gasteiger partial charge is 0.414 e. The Hall–Kier alpha value is -3.45. The maximum atomic E-state index is 14.5. The Labute approximate surface area is 215 Å². The summed E-state index contributed by atoms with van der Waals surface area (Å²) < 4.78 is 25.1. The van der Waals surface area contributed by atoms with Crippen LogP contribution >= 0.6 is 11.8 Å². The van der Waals surface area contributed by atoms with E-state index in [2.05, 4.69) is 15.6 Å². The third kappa shape index (κ3) is 5.18. The van der Waals surface area contributed by atoms with Gasteiger partial charge >= 0.3 is 6.09 Å². The summed E-state index contributed by atoms with van der Waals surface area (Å²) in [6.07, 6.45) is -3.18. The zero-order valence-electron chi connectivity index (χ0n) is 19.8. The van der Waals surface area contributed by atoms with Crippen molar-refractivity contribution in [1.82, 2.24) is 10.3 Å². The number of ether oxygens (including phenoxy) is 2. The maximum absolute atomic E-state index is 14.5. The van der Waals surface area contributed by atoms with Crippen LogP contribution in [0.5, 0.6) is 5.75 Å². The Kier molecular flexibility index (Phi) is 7.15.